The molecular weight excluding hydrogens is 228 g/mol. The van der Waals surface area contributed by atoms with Crippen molar-refractivity contribution in [2.24, 2.45) is 0 Å². The molecular formula is C15H20O3. The van der Waals surface area contributed by atoms with Crippen LogP contribution in [0.5, 0.6) is 5.75 Å². The predicted octanol–water partition coefficient (Wildman–Crippen LogP) is 4.11. The number of benzene rings is 1. The van der Waals surface area contributed by atoms with Gasteiger partial charge >= 0.3 is 6.16 Å². The van der Waals surface area contributed by atoms with E-state index in [1.54, 1.807) is 0 Å². The number of methoxy groups -OCH3 is 1. The van der Waals surface area contributed by atoms with Crippen molar-refractivity contribution in [2.45, 2.75) is 45.4 Å². The quantitative estimate of drug-likeness (QED) is 0.583. The van der Waals surface area contributed by atoms with Crippen LogP contribution in [0.4, 0.5) is 4.79 Å². The Morgan fingerprint density at radius 1 is 1.17 bits per heavy atom. The maximum absolute atomic E-state index is 11.3. The second-order valence-corrected chi connectivity index (χ2v) is 5.01. The third-order valence-electron chi connectivity index (χ3n) is 3.78. The first kappa shape index (κ1) is 12.9. The number of hydrogen-bond donors (Lipinski definition) is 0. The molecule has 0 N–H and O–H groups in total. The fraction of sp³-hybridized carbons (Fsp3) is 0.533. The molecule has 0 aliphatic heterocycles. The molecule has 0 atom stereocenters. The van der Waals surface area contributed by atoms with E-state index in [1.807, 2.05) is 13.0 Å². The molecule has 0 aromatic heterocycles. The predicted molar refractivity (Wildman–Crippen MR) is 70.2 cm³/mol. The molecule has 0 heterocycles. The van der Waals surface area contributed by atoms with Gasteiger partial charge in [0.15, 0.2) is 0 Å². The van der Waals surface area contributed by atoms with Gasteiger partial charge in [-0.2, -0.15) is 0 Å². The summed E-state index contributed by atoms with van der Waals surface area (Å²) in [7, 11) is 1.33. The minimum Gasteiger partial charge on any atom is -0.437 e. The van der Waals surface area contributed by atoms with Gasteiger partial charge in [0.1, 0.15) is 5.75 Å². The van der Waals surface area contributed by atoms with Gasteiger partial charge in [-0.15, -0.1) is 0 Å². The van der Waals surface area contributed by atoms with Crippen molar-refractivity contribution in [2.75, 3.05) is 7.11 Å². The van der Waals surface area contributed by atoms with Gasteiger partial charge in [0, 0.05) is 0 Å². The van der Waals surface area contributed by atoms with E-state index >= 15 is 0 Å². The fourth-order valence-corrected chi connectivity index (χ4v) is 2.59. The van der Waals surface area contributed by atoms with Crippen LogP contribution in [0.25, 0.3) is 0 Å². The molecule has 0 amide bonds. The maximum atomic E-state index is 11.3. The number of carbonyl (C=O) groups excluding carboxylic acids is 1. The van der Waals surface area contributed by atoms with Gasteiger partial charge in [-0.3, -0.25) is 0 Å². The lowest BCUT2D eigenvalue weighted by Crippen LogP contribution is -2.10. The van der Waals surface area contributed by atoms with Gasteiger partial charge in [-0.25, -0.2) is 4.79 Å². The Morgan fingerprint density at radius 3 is 2.39 bits per heavy atom. The summed E-state index contributed by atoms with van der Waals surface area (Å²) in [6.07, 6.45) is 4.24. The summed E-state index contributed by atoms with van der Waals surface area (Å²) in [6, 6.07) is 4.10. The van der Waals surface area contributed by atoms with E-state index in [0.29, 0.717) is 11.7 Å². The number of carbonyl (C=O) groups is 1. The van der Waals surface area contributed by atoms with E-state index in [0.717, 1.165) is 11.1 Å². The Labute approximate surface area is 108 Å². The van der Waals surface area contributed by atoms with E-state index in [-0.39, 0.29) is 0 Å². The minimum atomic E-state index is -0.641. The lowest BCUT2D eigenvalue weighted by Gasteiger charge is -2.17. The number of rotatable bonds is 2. The van der Waals surface area contributed by atoms with Crippen molar-refractivity contribution in [1.29, 1.82) is 0 Å². The van der Waals surface area contributed by atoms with Crippen LogP contribution >= 0.6 is 0 Å². The average molecular weight is 248 g/mol. The zero-order chi connectivity index (χ0) is 13.1. The van der Waals surface area contributed by atoms with Crippen LogP contribution in [-0.4, -0.2) is 13.3 Å². The molecule has 0 spiro atoms. The molecule has 0 unspecified atom stereocenters. The molecule has 1 aliphatic carbocycles. The van der Waals surface area contributed by atoms with Crippen LogP contribution in [-0.2, 0) is 4.74 Å². The van der Waals surface area contributed by atoms with Crippen molar-refractivity contribution in [3.63, 3.8) is 0 Å². The summed E-state index contributed by atoms with van der Waals surface area (Å²) >= 11 is 0. The van der Waals surface area contributed by atoms with Crippen molar-refractivity contribution >= 4 is 6.16 Å². The number of hydrogen-bond acceptors (Lipinski definition) is 3. The van der Waals surface area contributed by atoms with Gasteiger partial charge in [-0.1, -0.05) is 18.9 Å². The standard InChI is InChI=1S/C15H20O3/c1-10-8-13(12-6-4-5-7-12)14(9-11(10)2)18-15(16)17-3/h8-9,12H,4-7H2,1-3H3. The average Bonchev–Trinajstić information content (AvgIpc) is 2.87. The van der Waals surface area contributed by atoms with Crippen molar-refractivity contribution in [3.8, 4) is 5.75 Å². The molecule has 1 aromatic rings. The molecule has 1 aliphatic rings. The molecule has 98 valence electrons. The number of aryl methyl sites for hydroxylation is 2. The van der Waals surface area contributed by atoms with Crippen LogP contribution in [0, 0.1) is 13.8 Å². The van der Waals surface area contributed by atoms with E-state index in [1.165, 1.54) is 38.4 Å². The smallest absolute Gasteiger partial charge is 0.437 e. The zero-order valence-corrected chi connectivity index (χ0v) is 11.3. The van der Waals surface area contributed by atoms with E-state index in [4.69, 9.17) is 4.74 Å². The highest BCUT2D eigenvalue weighted by molar-refractivity contribution is 5.65. The second-order valence-electron chi connectivity index (χ2n) is 5.01. The largest absolute Gasteiger partial charge is 0.513 e. The Balaban J connectivity index is 2.34. The van der Waals surface area contributed by atoms with Crippen LogP contribution in [0.3, 0.4) is 0 Å². The van der Waals surface area contributed by atoms with Gasteiger partial charge in [0.25, 0.3) is 0 Å². The lowest BCUT2D eigenvalue weighted by molar-refractivity contribution is 0.121. The normalized spacial score (nSPS) is 15.7. The summed E-state index contributed by atoms with van der Waals surface area (Å²) in [6.45, 7) is 4.12. The van der Waals surface area contributed by atoms with Gasteiger partial charge < -0.3 is 9.47 Å². The van der Waals surface area contributed by atoms with Crippen molar-refractivity contribution < 1.29 is 14.3 Å². The molecule has 3 nitrogen and oxygen atoms in total. The maximum Gasteiger partial charge on any atom is 0.513 e. The molecule has 18 heavy (non-hydrogen) atoms. The summed E-state index contributed by atoms with van der Waals surface area (Å²) in [4.78, 5) is 11.3. The first-order valence-electron chi connectivity index (χ1n) is 6.48. The van der Waals surface area contributed by atoms with Crippen molar-refractivity contribution in [3.05, 3.63) is 28.8 Å². The lowest BCUT2D eigenvalue weighted by atomic mass is 9.93. The zero-order valence-electron chi connectivity index (χ0n) is 11.3. The summed E-state index contributed by atoms with van der Waals surface area (Å²) in [5.41, 5.74) is 3.53. The first-order chi connectivity index (χ1) is 8.61. The van der Waals surface area contributed by atoms with Gasteiger partial charge in [0.2, 0.25) is 0 Å². The van der Waals surface area contributed by atoms with Gasteiger partial charge in [-0.05, 0) is 55.4 Å². The topological polar surface area (TPSA) is 35.5 Å². The minimum absolute atomic E-state index is 0.518. The summed E-state index contributed by atoms with van der Waals surface area (Å²) < 4.78 is 9.86. The summed E-state index contributed by atoms with van der Waals surface area (Å²) in [5, 5.41) is 0. The third-order valence-corrected chi connectivity index (χ3v) is 3.78. The van der Waals surface area contributed by atoms with Crippen molar-refractivity contribution in [1.82, 2.24) is 0 Å². The highest BCUT2D eigenvalue weighted by Crippen LogP contribution is 2.40. The Kier molecular flexibility index (Phi) is 3.90. The van der Waals surface area contributed by atoms with Crippen LogP contribution in [0.15, 0.2) is 12.1 Å². The third kappa shape index (κ3) is 2.66. The highest BCUT2D eigenvalue weighted by Gasteiger charge is 2.22. The molecule has 2 rings (SSSR count). The molecule has 1 saturated carbocycles. The van der Waals surface area contributed by atoms with Crippen LogP contribution < -0.4 is 4.74 Å². The Bertz CT molecular complexity index is 445. The second kappa shape index (κ2) is 5.42. The van der Waals surface area contributed by atoms with E-state index < -0.39 is 6.16 Å². The van der Waals surface area contributed by atoms with E-state index in [2.05, 4.69) is 17.7 Å². The van der Waals surface area contributed by atoms with Crippen LogP contribution in [0.1, 0.15) is 48.3 Å². The first-order valence-corrected chi connectivity index (χ1v) is 6.48. The Morgan fingerprint density at radius 2 is 1.78 bits per heavy atom. The molecule has 0 saturated heterocycles. The molecule has 1 aromatic carbocycles. The Hall–Kier alpha value is -1.51. The summed E-state index contributed by atoms with van der Waals surface area (Å²) in [5.74, 6) is 1.18. The molecule has 0 bridgehead atoms. The van der Waals surface area contributed by atoms with Crippen LogP contribution in [0.2, 0.25) is 0 Å². The highest BCUT2D eigenvalue weighted by atomic mass is 16.7. The molecule has 0 radical (unpaired) electrons. The number of ether oxygens (including phenoxy) is 2. The van der Waals surface area contributed by atoms with E-state index in [9.17, 15) is 4.79 Å². The van der Waals surface area contributed by atoms with Gasteiger partial charge in [0.05, 0.1) is 7.11 Å². The monoisotopic (exact) mass is 248 g/mol. The molecule has 3 heteroatoms. The SMILES string of the molecule is COC(=O)Oc1cc(C)c(C)cc1C1CCCC1. The fourth-order valence-electron chi connectivity index (χ4n) is 2.59. The molecule has 1 fully saturated rings.